The number of hydrogen-bond donors (Lipinski definition) is 1. The quantitative estimate of drug-likeness (QED) is 0.496. The molecule has 168 valence electrons. The van der Waals surface area contributed by atoms with Crippen molar-refractivity contribution < 1.29 is 5.11 Å². The average molecular weight is 403 g/mol. The average Bonchev–Trinajstić information content (AvgIpc) is 2.99. The van der Waals surface area contributed by atoms with Gasteiger partial charge in [0.25, 0.3) is 0 Å². The zero-order valence-corrected chi connectivity index (χ0v) is 20.5. The molecule has 0 aromatic rings. The maximum atomic E-state index is 10.7. The van der Waals surface area contributed by atoms with Crippen LogP contribution in [-0.2, 0) is 0 Å². The van der Waals surface area contributed by atoms with Crippen molar-refractivity contribution in [1.29, 1.82) is 0 Å². The lowest BCUT2D eigenvalue weighted by atomic mass is 9.43. The Bertz CT molecular complexity index is 579. The van der Waals surface area contributed by atoms with Crippen molar-refractivity contribution in [2.24, 2.45) is 52.3 Å². The van der Waals surface area contributed by atoms with Crippen LogP contribution in [0.5, 0.6) is 0 Å². The van der Waals surface area contributed by atoms with Gasteiger partial charge in [-0.05, 0) is 117 Å². The molecule has 1 unspecified atom stereocenters. The van der Waals surface area contributed by atoms with E-state index >= 15 is 0 Å². The molecule has 29 heavy (non-hydrogen) atoms. The Morgan fingerprint density at radius 3 is 2.24 bits per heavy atom. The van der Waals surface area contributed by atoms with Crippen LogP contribution in [0.2, 0.25) is 0 Å². The minimum Gasteiger partial charge on any atom is -0.390 e. The summed E-state index contributed by atoms with van der Waals surface area (Å²) in [5.74, 6) is 6.41. The van der Waals surface area contributed by atoms with Crippen molar-refractivity contribution in [3.63, 3.8) is 0 Å². The molecule has 4 saturated carbocycles. The van der Waals surface area contributed by atoms with E-state index in [9.17, 15) is 5.11 Å². The van der Waals surface area contributed by atoms with Gasteiger partial charge in [-0.25, -0.2) is 0 Å². The van der Waals surface area contributed by atoms with Gasteiger partial charge in [-0.15, -0.1) is 0 Å². The van der Waals surface area contributed by atoms with Gasteiger partial charge in [0.2, 0.25) is 0 Å². The van der Waals surface area contributed by atoms with Crippen LogP contribution < -0.4 is 0 Å². The zero-order valence-electron chi connectivity index (χ0n) is 20.5. The molecule has 1 nitrogen and oxygen atoms in total. The Kier molecular flexibility index (Phi) is 5.98. The first-order valence-electron chi connectivity index (χ1n) is 13.3. The molecule has 0 saturated heterocycles. The first-order valence-corrected chi connectivity index (χ1v) is 13.3. The van der Waals surface area contributed by atoms with Crippen molar-refractivity contribution in [2.45, 2.75) is 124 Å². The summed E-state index contributed by atoms with van der Waals surface area (Å²) in [4.78, 5) is 0. The highest BCUT2D eigenvalue weighted by Gasteiger charge is 2.61. The van der Waals surface area contributed by atoms with Crippen molar-refractivity contribution in [2.75, 3.05) is 0 Å². The van der Waals surface area contributed by atoms with Crippen LogP contribution in [0.4, 0.5) is 0 Å². The van der Waals surface area contributed by atoms with Gasteiger partial charge >= 0.3 is 0 Å². The van der Waals surface area contributed by atoms with E-state index in [0.29, 0.717) is 10.8 Å². The Labute approximate surface area is 181 Å². The molecule has 4 fully saturated rings. The van der Waals surface area contributed by atoms with Gasteiger partial charge in [0.05, 0.1) is 5.60 Å². The van der Waals surface area contributed by atoms with Gasteiger partial charge in [-0.3, -0.25) is 0 Å². The summed E-state index contributed by atoms with van der Waals surface area (Å²) in [5.41, 5.74) is 0.722. The fraction of sp³-hybridized carbons (Fsp3) is 1.00. The van der Waals surface area contributed by atoms with E-state index in [2.05, 4.69) is 41.5 Å². The standard InChI is InChI=1S/C28H50O/c1-19(2)8-7-9-20(3)23-12-13-24-22-11-10-21-18-26(4,29)16-17-27(21,5)25(22)14-15-28(23,24)6/h19-25,29H,7-18H2,1-6H3/t20-,21?,22+,23-,24+,25+,26-,27+,28-/m1/s1. The second kappa shape index (κ2) is 7.83. The first kappa shape index (κ1) is 22.2. The predicted molar refractivity (Wildman–Crippen MR) is 124 cm³/mol. The van der Waals surface area contributed by atoms with Gasteiger partial charge in [-0.2, -0.15) is 0 Å². The van der Waals surface area contributed by atoms with E-state index in [1.165, 1.54) is 64.2 Å². The summed E-state index contributed by atoms with van der Waals surface area (Å²) in [6.07, 6.45) is 16.5. The molecule has 1 N–H and O–H groups in total. The number of hydrogen-bond acceptors (Lipinski definition) is 1. The largest absolute Gasteiger partial charge is 0.390 e. The summed E-state index contributed by atoms with van der Waals surface area (Å²) in [6.45, 7) is 14.8. The summed E-state index contributed by atoms with van der Waals surface area (Å²) in [5, 5.41) is 10.7. The summed E-state index contributed by atoms with van der Waals surface area (Å²) in [7, 11) is 0. The van der Waals surface area contributed by atoms with E-state index in [-0.39, 0.29) is 0 Å². The lowest BCUT2D eigenvalue weighted by Crippen LogP contribution is -2.55. The SMILES string of the molecule is CC(C)CCC[C@@H](C)[C@H]1CC[C@H]2[C@@H]3CCC4C[C@](C)(O)CC[C@]4(C)[C@H]3CC[C@]12C. The molecule has 0 aromatic heterocycles. The summed E-state index contributed by atoms with van der Waals surface area (Å²) in [6, 6.07) is 0. The number of aliphatic hydroxyl groups is 1. The molecule has 0 aliphatic heterocycles. The Balaban J connectivity index is 1.46. The fourth-order valence-electron chi connectivity index (χ4n) is 9.46. The molecule has 0 spiro atoms. The van der Waals surface area contributed by atoms with Crippen molar-refractivity contribution in [1.82, 2.24) is 0 Å². The fourth-order valence-corrected chi connectivity index (χ4v) is 9.46. The van der Waals surface area contributed by atoms with E-state index in [4.69, 9.17) is 0 Å². The molecule has 0 bridgehead atoms. The molecule has 0 aromatic carbocycles. The van der Waals surface area contributed by atoms with Crippen molar-refractivity contribution in [3.8, 4) is 0 Å². The van der Waals surface area contributed by atoms with Gasteiger partial charge in [-0.1, -0.05) is 53.9 Å². The predicted octanol–water partition coefficient (Wildman–Crippen LogP) is 7.86. The molecule has 4 rings (SSSR count). The van der Waals surface area contributed by atoms with Crippen molar-refractivity contribution >= 4 is 0 Å². The van der Waals surface area contributed by atoms with E-state index in [1.54, 1.807) is 0 Å². The second-order valence-corrected chi connectivity index (χ2v) is 13.4. The zero-order chi connectivity index (χ0) is 21.0. The Hall–Kier alpha value is -0.0400. The third-order valence-electron chi connectivity index (χ3n) is 11.2. The topological polar surface area (TPSA) is 20.2 Å². The molecule has 4 aliphatic carbocycles. The summed E-state index contributed by atoms with van der Waals surface area (Å²) < 4.78 is 0. The van der Waals surface area contributed by atoms with Crippen LogP contribution in [0.15, 0.2) is 0 Å². The van der Waals surface area contributed by atoms with Crippen LogP contribution in [-0.4, -0.2) is 10.7 Å². The van der Waals surface area contributed by atoms with Crippen LogP contribution in [0, 0.1) is 52.3 Å². The van der Waals surface area contributed by atoms with Gasteiger partial charge < -0.3 is 5.11 Å². The molecule has 0 radical (unpaired) electrons. The monoisotopic (exact) mass is 402 g/mol. The minimum atomic E-state index is -0.399. The van der Waals surface area contributed by atoms with E-state index in [1.807, 2.05) is 0 Å². The lowest BCUT2D eigenvalue weighted by Gasteiger charge is -2.62. The molecule has 0 amide bonds. The molecule has 4 aliphatic rings. The first-order chi connectivity index (χ1) is 13.6. The smallest absolute Gasteiger partial charge is 0.0622 e. The van der Waals surface area contributed by atoms with Crippen molar-refractivity contribution in [3.05, 3.63) is 0 Å². The van der Waals surface area contributed by atoms with Crippen LogP contribution in [0.25, 0.3) is 0 Å². The normalized spacial score (nSPS) is 50.7. The highest BCUT2D eigenvalue weighted by Crippen LogP contribution is 2.68. The van der Waals surface area contributed by atoms with E-state index in [0.717, 1.165) is 54.3 Å². The third kappa shape index (κ3) is 3.85. The molecule has 0 heterocycles. The molecule has 9 atom stereocenters. The Morgan fingerprint density at radius 2 is 1.52 bits per heavy atom. The maximum Gasteiger partial charge on any atom is 0.0622 e. The van der Waals surface area contributed by atoms with Gasteiger partial charge in [0.15, 0.2) is 0 Å². The van der Waals surface area contributed by atoms with E-state index < -0.39 is 5.60 Å². The minimum absolute atomic E-state index is 0.399. The highest BCUT2D eigenvalue weighted by molar-refractivity contribution is 5.10. The maximum absolute atomic E-state index is 10.7. The second-order valence-electron chi connectivity index (χ2n) is 13.4. The van der Waals surface area contributed by atoms with Crippen LogP contribution in [0.3, 0.4) is 0 Å². The molecular weight excluding hydrogens is 352 g/mol. The Morgan fingerprint density at radius 1 is 0.793 bits per heavy atom. The van der Waals surface area contributed by atoms with Gasteiger partial charge in [0, 0.05) is 0 Å². The highest BCUT2D eigenvalue weighted by atomic mass is 16.3. The van der Waals surface area contributed by atoms with Crippen LogP contribution >= 0.6 is 0 Å². The number of fused-ring (bicyclic) bond motifs is 5. The lowest BCUT2D eigenvalue weighted by molar-refractivity contribution is -0.148. The summed E-state index contributed by atoms with van der Waals surface area (Å²) >= 11 is 0. The number of rotatable bonds is 5. The molecular formula is C28H50O. The van der Waals surface area contributed by atoms with Crippen LogP contribution in [0.1, 0.15) is 119 Å². The van der Waals surface area contributed by atoms with Gasteiger partial charge in [0.1, 0.15) is 0 Å². The molecule has 1 heteroatoms. The third-order valence-corrected chi connectivity index (χ3v) is 11.2.